The van der Waals surface area contributed by atoms with Gasteiger partial charge in [-0.1, -0.05) is 20.3 Å². The first-order valence-corrected chi connectivity index (χ1v) is 9.15. The molecule has 140 valence electrons. The Morgan fingerprint density at radius 2 is 1.75 bits per heavy atom. The smallest absolute Gasteiger partial charge is 0.241 e. The van der Waals surface area contributed by atoms with Crippen molar-refractivity contribution in [2.75, 3.05) is 13.2 Å². The van der Waals surface area contributed by atoms with Crippen molar-refractivity contribution in [2.24, 2.45) is 16.6 Å². The van der Waals surface area contributed by atoms with Gasteiger partial charge in [-0.2, -0.15) is 0 Å². The van der Waals surface area contributed by atoms with Crippen LogP contribution in [-0.2, 0) is 14.3 Å². The normalized spacial score (nSPS) is 38.3. The first kappa shape index (κ1) is 20.0. The molecule has 0 aromatic heterocycles. The lowest BCUT2D eigenvalue weighted by Gasteiger charge is -2.63. The number of nitrogens with two attached hydrogens (primary N) is 1. The monoisotopic (exact) mass is 360 g/mol. The molecule has 3 rings (SSSR count). The van der Waals surface area contributed by atoms with Gasteiger partial charge in [0.25, 0.3) is 0 Å². The van der Waals surface area contributed by atoms with Gasteiger partial charge in [-0.15, -0.1) is 12.4 Å². The van der Waals surface area contributed by atoms with E-state index in [1.54, 1.807) is 0 Å². The Morgan fingerprint density at radius 1 is 1.17 bits per heavy atom. The highest BCUT2D eigenvalue weighted by Gasteiger charge is 2.65. The van der Waals surface area contributed by atoms with Crippen molar-refractivity contribution < 1.29 is 14.3 Å². The van der Waals surface area contributed by atoms with Crippen LogP contribution in [0.15, 0.2) is 0 Å². The zero-order chi connectivity index (χ0) is 16.9. The molecule has 0 aromatic rings. The van der Waals surface area contributed by atoms with Crippen LogP contribution in [0.25, 0.3) is 0 Å². The van der Waals surface area contributed by atoms with Crippen molar-refractivity contribution in [1.82, 2.24) is 5.32 Å². The molecule has 24 heavy (non-hydrogen) atoms. The summed E-state index contributed by atoms with van der Waals surface area (Å²) in [6, 6.07) is 0.225. The fourth-order valence-electron chi connectivity index (χ4n) is 4.75. The third-order valence-electron chi connectivity index (χ3n) is 6.98. The molecule has 1 spiro atoms. The van der Waals surface area contributed by atoms with Gasteiger partial charge in [-0.25, -0.2) is 0 Å². The predicted molar refractivity (Wildman–Crippen MR) is 96.2 cm³/mol. The molecule has 5 nitrogen and oxygen atoms in total. The molecule has 0 aromatic carbocycles. The van der Waals surface area contributed by atoms with Crippen molar-refractivity contribution in [3.8, 4) is 0 Å². The summed E-state index contributed by atoms with van der Waals surface area (Å²) in [6.45, 7) is 9.51. The molecule has 3 aliphatic carbocycles. The molecule has 3 N–H and O–H groups in total. The minimum absolute atomic E-state index is 0. The van der Waals surface area contributed by atoms with E-state index in [0.29, 0.717) is 19.1 Å². The Hall–Kier alpha value is -0.360. The molecule has 1 amide bonds. The van der Waals surface area contributed by atoms with Gasteiger partial charge in [0.2, 0.25) is 5.91 Å². The number of carbonyl (C=O) groups is 1. The van der Waals surface area contributed by atoms with Crippen LogP contribution in [0.2, 0.25) is 0 Å². The van der Waals surface area contributed by atoms with Gasteiger partial charge < -0.3 is 20.5 Å². The lowest BCUT2D eigenvalue weighted by Crippen LogP contribution is -2.78. The predicted octanol–water partition coefficient (Wildman–Crippen LogP) is 2.40. The molecule has 4 unspecified atom stereocenters. The van der Waals surface area contributed by atoms with Gasteiger partial charge in [-0.3, -0.25) is 4.79 Å². The zero-order valence-corrected chi connectivity index (χ0v) is 16.2. The molecule has 6 heteroatoms. The van der Waals surface area contributed by atoms with Crippen molar-refractivity contribution in [1.29, 1.82) is 0 Å². The average molecular weight is 361 g/mol. The van der Waals surface area contributed by atoms with E-state index in [0.717, 1.165) is 25.9 Å². The summed E-state index contributed by atoms with van der Waals surface area (Å²) >= 11 is 0. The van der Waals surface area contributed by atoms with E-state index in [2.05, 4.69) is 5.32 Å². The third kappa shape index (κ3) is 2.59. The lowest BCUT2D eigenvalue weighted by atomic mass is 9.50. The van der Waals surface area contributed by atoms with Crippen LogP contribution in [0.5, 0.6) is 0 Å². The number of hydrogen-bond donors (Lipinski definition) is 2. The van der Waals surface area contributed by atoms with Crippen molar-refractivity contribution >= 4 is 18.3 Å². The van der Waals surface area contributed by atoms with Crippen molar-refractivity contribution in [3.05, 3.63) is 0 Å². The first-order valence-electron chi connectivity index (χ1n) is 9.15. The maximum absolute atomic E-state index is 12.9. The number of carbonyl (C=O) groups excluding carboxylic acids is 1. The second kappa shape index (κ2) is 6.75. The van der Waals surface area contributed by atoms with Gasteiger partial charge in [0.1, 0.15) is 5.54 Å². The molecule has 0 radical (unpaired) electrons. The summed E-state index contributed by atoms with van der Waals surface area (Å²) < 4.78 is 11.6. The van der Waals surface area contributed by atoms with Gasteiger partial charge in [-0.05, 0) is 33.1 Å². The van der Waals surface area contributed by atoms with Crippen LogP contribution in [0.3, 0.4) is 0 Å². The van der Waals surface area contributed by atoms with Crippen LogP contribution >= 0.6 is 12.4 Å². The van der Waals surface area contributed by atoms with E-state index in [1.165, 1.54) is 6.42 Å². The number of amides is 1. The highest BCUT2D eigenvalue weighted by molar-refractivity contribution is 5.89. The summed E-state index contributed by atoms with van der Waals surface area (Å²) in [5.74, 6) is -0.00956. The summed E-state index contributed by atoms with van der Waals surface area (Å²) in [7, 11) is 0. The Labute approximate surface area is 151 Å². The minimum Gasteiger partial charge on any atom is -0.378 e. The van der Waals surface area contributed by atoms with Crippen LogP contribution in [0, 0.1) is 10.8 Å². The maximum Gasteiger partial charge on any atom is 0.241 e. The molecular weight excluding hydrogens is 328 g/mol. The van der Waals surface area contributed by atoms with E-state index in [4.69, 9.17) is 15.2 Å². The molecule has 3 fully saturated rings. The highest BCUT2D eigenvalue weighted by atomic mass is 35.5. The number of hydrogen-bond acceptors (Lipinski definition) is 4. The fourth-order valence-corrected chi connectivity index (χ4v) is 4.75. The Morgan fingerprint density at radius 3 is 2.21 bits per heavy atom. The number of halogens is 1. The van der Waals surface area contributed by atoms with Crippen molar-refractivity contribution in [2.45, 2.75) is 83.6 Å². The minimum atomic E-state index is -0.825. The molecular formula is C18H33ClN2O3. The van der Waals surface area contributed by atoms with E-state index < -0.39 is 5.54 Å². The van der Waals surface area contributed by atoms with E-state index in [9.17, 15) is 4.79 Å². The summed E-state index contributed by atoms with van der Waals surface area (Å²) in [4.78, 5) is 12.9. The fraction of sp³-hybridized carbons (Fsp3) is 0.944. The molecule has 0 aliphatic heterocycles. The summed E-state index contributed by atoms with van der Waals surface area (Å²) in [5, 5.41) is 3.26. The Balaban J connectivity index is 0.00000208. The average Bonchev–Trinajstić information content (AvgIpc) is 2.43. The van der Waals surface area contributed by atoms with Gasteiger partial charge >= 0.3 is 0 Å². The number of rotatable bonds is 6. The lowest BCUT2D eigenvalue weighted by molar-refractivity contribution is -0.189. The van der Waals surface area contributed by atoms with Gasteiger partial charge in [0.15, 0.2) is 0 Å². The van der Waals surface area contributed by atoms with Gasteiger partial charge in [0, 0.05) is 36.5 Å². The Kier molecular flexibility index (Phi) is 5.61. The second-order valence-corrected chi connectivity index (χ2v) is 8.13. The summed E-state index contributed by atoms with van der Waals surface area (Å²) in [6.07, 6.45) is 5.46. The van der Waals surface area contributed by atoms with E-state index >= 15 is 0 Å². The number of nitrogens with one attached hydrogen (secondary N) is 1. The maximum atomic E-state index is 12.9. The second-order valence-electron chi connectivity index (χ2n) is 8.13. The largest absolute Gasteiger partial charge is 0.378 e. The standard InChI is InChI=1S/C18H32N2O3.ClH/c1-5-22-13-10-12(17(13)8-7-9-17)20-15(21)18(19)11-14(23-6-2)16(18,3)4;/h12-14H,5-11,19H2,1-4H3,(H,20,21);1H. The molecule has 4 atom stereocenters. The number of ether oxygens (including phenoxy) is 2. The topological polar surface area (TPSA) is 73.6 Å². The van der Waals surface area contributed by atoms with Crippen LogP contribution in [0.1, 0.15) is 59.8 Å². The quantitative estimate of drug-likeness (QED) is 0.762. The Bertz CT molecular complexity index is 481. The van der Waals surface area contributed by atoms with E-state index in [-0.39, 0.29) is 41.3 Å². The zero-order valence-electron chi connectivity index (χ0n) is 15.4. The molecule has 0 saturated heterocycles. The summed E-state index contributed by atoms with van der Waals surface area (Å²) in [5.41, 5.74) is 5.51. The van der Waals surface area contributed by atoms with Crippen LogP contribution in [0.4, 0.5) is 0 Å². The molecule has 0 bridgehead atoms. The third-order valence-corrected chi connectivity index (χ3v) is 6.98. The molecule has 0 heterocycles. The van der Waals surface area contributed by atoms with Gasteiger partial charge in [0.05, 0.1) is 12.2 Å². The molecule has 3 aliphatic rings. The van der Waals surface area contributed by atoms with E-state index in [1.807, 2.05) is 27.7 Å². The first-order chi connectivity index (χ1) is 10.8. The molecule has 3 saturated carbocycles. The van der Waals surface area contributed by atoms with Crippen molar-refractivity contribution in [3.63, 3.8) is 0 Å². The van der Waals surface area contributed by atoms with Crippen LogP contribution in [-0.4, -0.2) is 42.9 Å². The SMILES string of the molecule is CCOC1CC(NC(=O)C2(N)CC(OCC)C2(C)C)C12CCC2.Cl. The highest BCUT2D eigenvalue weighted by Crippen LogP contribution is 2.58. The van der Waals surface area contributed by atoms with Crippen LogP contribution < -0.4 is 11.1 Å².